The van der Waals surface area contributed by atoms with E-state index in [1.165, 1.54) is 11.9 Å². The number of fused-ring (bicyclic) bond motifs is 1. The average Bonchev–Trinajstić information content (AvgIpc) is 3.23. The van der Waals surface area contributed by atoms with Crippen LogP contribution in [0.2, 0.25) is 0 Å². The van der Waals surface area contributed by atoms with E-state index in [0.29, 0.717) is 12.2 Å². The van der Waals surface area contributed by atoms with Crippen LogP contribution in [0.3, 0.4) is 0 Å². The second-order valence-electron chi connectivity index (χ2n) is 7.59. The number of aromatic amines is 1. The van der Waals surface area contributed by atoms with Gasteiger partial charge in [0.25, 0.3) is 0 Å². The molecule has 0 aliphatic carbocycles. The summed E-state index contributed by atoms with van der Waals surface area (Å²) in [6.07, 6.45) is 5.68. The lowest BCUT2D eigenvalue weighted by Crippen LogP contribution is -2.28. The van der Waals surface area contributed by atoms with Gasteiger partial charge in [-0.25, -0.2) is 19.9 Å². The van der Waals surface area contributed by atoms with Crippen molar-refractivity contribution in [3.63, 3.8) is 0 Å². The van der Waals surface area contributed by atoms with Crippen molar-refractivity contribution in [3.05, 3.63) is 60.7 Å². The topological polar surface area (TPSA) is 103 Å². The summed E-state index contributed by atoms with van der Waals surface area (Å²) in [6, 6.07) is 11.4. The van der Waals surface area contributed by atoms with E-state index in [4.69, 9.17) is 0 Å². The third-order valence-corrected chi connectivity index (χ3v) is 4.70. The van der Waals surface area contributed by atoms with Crippen molar-refractivity contribution in [2.24, 2.45) is 0 Å². The first-order valence-electron chi connectivity index (χ1n) is 10.2. The van der Waals surface area contributed by atoms with E-state index in [9.17, 15) is 4.79 Å². The quantitative estimate of drug-likeness (QED) is 0.433. The first-order chi connectivity index (χ1) is 15.5. The standard InChI is InChI=1S/C12H9N5O.C11H19N3/c18-7-15-8-1-2-9-11(5-8)17-12(16-9)10-3-4-13-6-14-10;1-10-5-6-11(12-9-10)14(4)8-7-13(2)3/h1-7H,(H,15,18)(H,16,17);5-6,9H,7-8H2,1-4H3. The number of pyridine rings is 1. The van der Waals surface area contributed by atoms with Gasteiger partial charge in [0.2, 0.25) is 6.41 Å². The highest BCUT2D eigenvalue weighted by Gasteiger charge is 2.06. The summed E-state index contributed by atoms with van der Waals surface area (Å²) in [5.41, 5.74) is 4.31. The van der Waals surface area contributed by atoms with Crippen LogP contribution in [-0.4, -0.2) is 70.5 Å². The van der Waals surface area contributed by atoms with Crippen LogP contribution in [0.5, 0.6) is 0 Å². The Kier molecular flexibility index (Phi) is 7.82. The second kappa shape index (κ2) is 11.0. The molecule has 0 spiro atoms. The fourth-order valence-corrected chi connectivity index (χ4v) is 2.87. The molecular formula is C23H28N8O. The number of nitrogens with one attached hydrogen (secondary N) is 2. The monoisotopic (exact) mass is 432 g/mol. The molecule has 0 saturated heterocycles. The van der Waals surface area contributed by atoms with E-state index in [1.54, 1.807) is 18.3 Å². The number of hydrogen-bond acceptors (Lipinski definition) is 7. The minimum Gasteiger partial charge on any atom is -0.358 e. The number of aryl methyl sites for hydroxylation is 1. The third kappa shape index (κ3) is 6.32. The van der Waals surface area contributed by atoms with Crippen LogP contribution in [-0.2, 0) is 4.79 Å². The number of carbonyl (C=O) groups is 1. The van der Waals surface area contributed by atoms with Gasteiger partial charge in [-0.15, -0.1) is 0 Å². The molecule has 0 unspecified atom stereocenters. The Hall–Kier alpha value is -3.85. The predicted octanol–water partition coefficient (Wildman–Crippen LogP) is 2.98. The van der Waals surface area contributed by atoms with Crippen LogP contribution in [0.1, 0.15) is 5.56 Å². The molecule has 32 heavy (non-hydrogen) atoms. The van der Waals surface area contributed by atoms with Crippen LogP contribution in [0.4, 0.5) is 11.5 Å². The Labute approximate surface area is 187 Å². The average molecular weight is 433 g/mol. The molecule has 0 atom stereocenters. The summed E-state index contributed by atoms with van der Waals surface area (Å²) >= 11 is 0. The molecule has 0 radical (unpaired) electrons. The van der Waals surface area contributed by atoms with E-state index in [-0.39, 0.29) is 0 Å². The zero-order valence-electron chi connectivity index (χ0n) is 18.8. The van der Waals surface area contributed by atoms with Gasteiger partial charge in [-0.1, -0.05) is 6.07 Å². The summed E-state index contributed by atoms with van der Waals surface area (Å²) in [5.74, 6) is 1.72. The smallest absolute Gasteiger partial charge is 0.211 e. The number of rotatable bonds is 7. The van der Waals surface area contributed by atoms with Gasteiger partial charge in [0.05, 0.1) is 11.0 Å². The van der Waals surface area contributed by atoms with Gasteiger partial charge in [-0.05, 0) is 56.9 Å². The van der Waals surface area contributed by atoms with Crippen LogP contribution >= 0.6 is 0 Å². The predicted molar refractivity (Wildman–Crippen MR) is 128 cm³/mol. The Morgan fingerprint density at radius 2 is 1.91 bits per heavy atom. The Bertz CT molecular complexity index is 1130. The summed E-state index contributed by atoms with van der Waals surface area (Å²) in [6.45, 7) is 4.10. The van der Waals surface area contributed by atoms with Crippen LogP contribution in [0.15, 0.2) is 55.1 Å². The number of anilines is 2. The normalized spacial score (nSPS) is 10.5. The van der Waals surface area contributed by atoms with Crippen LogP contribution < -0.4 is 10.2 Å². The largest absolute Gasteiger partial charge is 0.358 e. The van der Waals surface area contributed by atoms with Gasteiger partial charge in [-0.3, -0.25) is 4.79 Å². The van der Waals surface area contributed by atoms with E-state index < -0.39 is 0 Å². The van der Waals surface area contributed by atoms with Crippen LogP contribution in [0, 0.1) is 6.92 Å². The molecule has 9 heteroatoms. The number of aromatic nitrogens is 5. The maximum atomic E-state index is 10.4. The molecule has 0 aliphatic heterocycles. The molecule has 3 aromatic heterocycles. The lowest BCUT2D eigenvalue weighted by molar-refractivity contribution is -0.105. The molecule has 166 valence electrons. The van der Waals surface area contributed by atoms with Gasteiger partial charge in [0.15, 0.2) is 5.82 Å². The summed E-state index contributed by atoms with van der Waals surface area (Å²) in [4.78, 5) is 34.6. The van der Waals surface area contributed by atoms with Crippen molar-refractivity contribution >= 4 is 28.9 Å². The Morgan fingerprint density at radius 1 is 1.06 bits per heavy atom. The number of imidazole rings is 1. The van der Waals surface area contributed by atoms with Gasteiger partial charge in [0, 0.05) is 38.2 Å². The molecule has 3 heterocycles. The van der Waals surface area contributed by atoms with Crippen molar-refractivity contribution in [2.75, 3.05) is 44.4 Å². The van der Waals surface area contributed by atoms with E-state index in [2.05, 4.69) is 80.2 Å². The highest BCUT2D eigenvalue weighted by molar-refractivity contribution is 5.84. The fourth-order valence-electron chi connectivity index (χ4n) is 2.87. The van der Waals surface area contributed by atoms with Gasteiger partial charge in [-0.2, -0.15) is 0 Å². The third-order valence-electron chi connectivity index (χ3n) is 4.70. The SMILES string of the molecule is Cc1ccc(N(C)CCN(C)C)nc1.O=CNc1ccc2nc(-c3ccncn3)[nH]c2c1. The number of nitrogens with zero attached hydrogens (tertiary/aromatic N) is 6. The molecule has 0 saturated carbocycles. The first-order valence-corrected chi connectivity index (χ1v) is 10.2. The minimum absolute atomic E-state index is 0.642. The van der Waals surface area contributed by atoms with Crippen molar-refractivity contribution in [2.45, 2.75) is 6.92 Å². The summed E-state index contributed by atoms with van der Waals surface area (Å²) < 4.78 is 0. The van der Waals surface area contributed by atoms with Gasteiger partial charge in [0.1, 0.15) is 17.8 Å². The molecule has 1 aromatic carbocycles. The fraction of sp³-hybridized carbons (Fsp3) is 0.261. The molecule has 0 bridgehead atoms. The zero-order chi connectivity index (χ0) is 22.9. The highest BCUT2D eigenvalue weighted by atomic mass is 16.1. The first kappa shape index (κ1) is 22.8. The highest BCUT2D eigenvalue weighted by Crippen LogP contribution is 2.21. The van der Waals surface area contributed by atoms with E-state index in [1.807, 2.05) is 18.3 Å². The van der Waals surface area contributed by atoms with Gasteiger partial charge >= 0.3 is 0 Å². The molecule has 0 aliphatic rings. The number of H-pyrrole nitrogens is 1. The number of hydrogen-bond donors (Lipinski definition) is 2. The lowest BCUT2D eigenvalue weighted by atomic mass is 10.3. The van der Waals surface area contributed by atoms with Crippen molar-refractivity contribution in [3.8, 4) is 11.5 Å². The van der Waals surface area contributed by atoms with E-state index >= 15 is 0 Å². The van der Waals surface area contributed by atoms with Gasteiger partial charge < -0.3 is 20.1 Å². The molecule has 0 fully saturated rings. The van der Waals surface area contributed by atoms with Crippen LogP contribution in [0.25, 0.3) is 22.6 Å². The summed E-state index contributed by atoms with van der Waals surface area (Å²) in [5, 5.41) is 2.59. The maximum Gasteiger partial charge on any atom is 0.211 e. The molecule has 9 nitrogen and oxygen atoms in total. The van der Waals surface area contributed by atoms with Crippen molar-refractivity contribution < 1.29 is 4.79 Å². The molecule has 4 rings (SSSR count). The number of carbonyl (C=O) groups excluding carboxylic acids is 1. The Morgan fingerprint density at radius 3 is 2.56 bits per heavy atom. The maximum absolute atomic E-state index is 10.4. The second-order valence-corrected chi connectivity index (χ2v) is 7.59. The Balaban J connectivity index is 0.000000188. The molecule has 4 aromatic rings. The summed E-state index contributed by atoms with van der Waals surface area (Å²) in [7, 11) is 6.23. The van der Waals surface area contributed by atoms with Crippen molar-refractivity contribution in [1.29, 1.82) is 0 Å². The zero-order valence-corrected chi connectivity index (χ0v) is 18.8. The van der Waals surface area contributed by atoms with Crippen molar-refractivity contribution in [1.82, 2.24) is 29.8 Å². The lowest BCUT2D eigenvalue weighted by Gasteiger charge is -2.20. The molecular weight excluding hydrogens is 404 g/mol. The molecule has 2 N–H and O–H groups in total. The molecule has 1 amide bonds. The number of likely N-dealkylation sites (N-methyl/N-ethyl adjacent to an activating group) is 2. The minimum atomic E-state index is 0.642. The number of amides is 1. The number of benzene rings is 1. The van der Waals surface area contributed by atoms with E-state index in [0.717, 1.165) is 41.3 Å².